The molecule has 11 nitrogen and oxygen atoms in total. The Morgan fingerprint density at radius 2 is 1.68 bits per heavy atom. The number of rotatable bonds is 17. The quantitative estimate of drug-likeness (QED) is 0.0643. The van der Waals surface area contributed by atoms with E-state index in [0.29, 0.717) is 6.42 Å². The Morgan fingerprint density at radius 3 is 2.23 bits per heavy atom. The summed E-state index contributed by atoms with van der Waals surface area (Å²) in [7, 11) is 0. The van der Waals surface area contributed by atoms with Crippen molar-refractivity contribution in [3.63, 3.8) is 0 Å². The highest BCUT2D eigenvalue weighted by atomic mass is 32.1. The molecule has 0 bridgehead atoms. The molecule has 31 heavy (non-hydrogen) atoms. The van der Waals surface area contributed by atoms with Gasteiger partial charge >= 0.3 is 11.9 Å². The monoisotopic (exact) mass is 463 g/mol. The molecule has 12 heteroatoms. The molecular weight excluding hydrogens is 430 g/mol. The average molecular weight is 464 g/mol. The maximum absolute atomic E-state index is 12.0. The number of carboxylic acids is 2. The Bertz CT molecular complexity index is 629. The van der Waals surface area contributed by atoms with Crippen molar-refractivity contribution in [2.45, 2.75) is 70.2 Å². The lowest BCUT2D eigenvalue weighted by Crippen LogP contribution is -2.49. The first-order valence-corrected chi connectivity index (χ1v) is 10.7. The second-order valence-electron chi connectivity index (χ2n) is 6.92. The minimum atomic E-state index is -1.41. The van der Waals surface area contributed by atoms with Crippen molar-refractivity contribution in [2.24, 2.45) is 0 Å². The smallest absolute Gasteiger partial charge is 0.322 e. The van der Waals surface area contributed by atoms with Crippen LogP contribution in [-0.2, 0) is 19.2 Å². The van der Waals surface area contributed by atoms with Gasteiger partial charge in [0, 0.05) is 18.6 Å². The summed E-state index contributed by atoms with van der Waals surface area (Å²) in [5.41, 5.74) is 0. The van der Waals surface area contributed by atoms with Crippen molar-refractivity contribution >= 4 is 36.4 Å². The van der Waals surface area contributed by atoms with Crippen LogP contribution in [0.25, 0.3) is 0 Å². The lowest BCUT2D eigenvalue weighted by atomic mass is 10.1. The van der Waals surface area contributed by atoms with Crippen LogP contribution >= 0.6 is 12.6 Å². The number of unbranched alkanes of at least 4 members (excludes halogenated alkanes) is 3. The standard InChI is InChI=1S/C19H33N3O8S/c1-2-3-4-5-6-12(23)9-16(25)21-13(19(29)30)7-8-15(24)22-14(11-31)18(28)20-10-17(26)27/h9,13-14,16,21,23,25,31H,2-8,10-11H2,1H3,(H,20,28)(H,22,24)(H,26,27)(H,29,30)/t13-,14-,16?/m0/s1. The van der Waals surface area contributed by atoms with E-state index in [4.69, 9.17) is 5.11 Å². The number of allylic oxidation sites excluding steroid dienone is 1. The first-order chi connectivity index (χ1) is 14.6. The largest absolute Gasteiger partial charge is 0.513 e. The molecular formula is C19H33N3O8S. The first kappa shape index (κ1) is 28.7. The SMILES string of the molecule is CCCCCCC(O)=CC(O)N[C@@H](CCC(=O)N[C@@H](CS)C(=O)NCC(=O)O)C(=O)O. The lowest BCUT2D eigenvalue weighted by Gasteiger charge is -2.19. The summed E-state index contributed by atoms with van der Waals surface area (Å²) in [5, 5.41) is 44.5. The third kappa shape index (κ3) is 14.3. The van der Waals surface area contributed by atoms with Gasteiger partial charge in [-0.1, -0.05) is 26.2 Å². The molecule has 0 spiro atoms. The fourth-order valence-electron chi connectivity index (χ4n) is 2.55. The van der Waals surface area contributed by atoms with Crippen molar-refractivity contribution < 1.29 is 39.6 Å². The molecule has 7 N–H and O–H groups in total. The van der Waals surface area contributed by atoms with E-state index in [1.54, 1.807) is 0 Å². The number of carboxylic acid groups (broad SMARTS) is 2. The first-order valence-electron chi connectivity index (χ1n) is 10.1. The third-order valence-corrected chi connectivity index (χ3v) is 4.58. The van der Waals surface area contributed by atoms with E-state index in [2.05, 4.69) is 35.5 Å². The minimum Gasteiger partial charge on any atom is -0.513 e. The highest BCUT2D eigenvalue weighted by Crippen LogP contribution is 2.09. The summed E-state index contributed by atoms with van der Waals surface area (Å²) in [6.07, 6.45) is 3.36. The molecule has 0 heterocycles. The molecule has 0 aromatic heterocycles. The van der Waals surface area contributed by atoms with Gasteiger partial charge in [0.15, 0.2) is 0 Å². The van der Waals surface area contributed by atoms with Crippen LogP contribution in [0.15, 0.2) is 11.8 Å². The Hall–Kier alpha value is -2.31. The summed E-state index contributed by atoms with van der Waals surface area (Å²) >= 11 is 3.94. The fraction of sp³-hybridized carbons (Fsp3) is 0.684. The van der Waals surface area contributed by atoms with Gasteiger partial charge in [-0.3, -0.25) is 24.5 Å². The van der Waals surface area contributed by atoms with Crippen LogP contribution in [0.2, 0.25) is 0 Å². The molecule has 0 fully saturated rings. The second-order valence-corrected chi connectivity index (χ2v) is 7.29. The van der Waals surface area contributed by atoms with E-state index in [9.17, 15) is 34.5 Å². The van der Waals surface area contributed by atoms with Crippen LogP contribution in [0.3, 0.4) is 0 Å². The summed E-state index contributed by atoms with van der Waals surface area (Å²) < 4.78 is 0. The summed E-state index contributed by atoms with van der Waals surface area (Å²) in [5.74, 6) is -4.05. The molecule has 2 amide bonds. The normalized spacial score (nSPS) is 14.4. The lowest BCUT2D eigenvalue weighted by molar-refractivity contribution is -0.140. The van der Waals surface area contributed by atoms with Crippen LogP contribution in [0.5, 0.6) is 0 Å². The van der Waals surface area contributed by atoms with Crippen LogP contribution in [0.4, 0.5) is 0 Å². The Labute approximate surface area is 186 Å². The van der Waals surface area contributed by atoms with Crippen molar-refractivity contribution in [3.05, 3.63) is 11.8 Å². The maximum Gasteiger partial charge on any atom is 0.322 e. The number of nitrogens with one attached hydrogen (secondary N) is 3. The number of amides is 2. The van der Waals surface area contributed by atoms with E-state index < -0.39 is 48.6 Å². The third-order valence-electron chi connectivity index (χ3n) is 4.21. The van der Waals surface area contributed by atoms with Gasteiger partial charge in [0.2, 0.25) is 11.8 Å². The molecule has 0 aromatic rings. The average Bonchev–Trinajstić information content (AvgIpc) is 2.70. The molecule has 0 saturated heterocycles. The minimum absolute atomic E-state index is 0.0537. The Morgan fingerprint density at radius 1 is 1.00 bits per heavy atom. The van der Waals surface area contributed by atoms with Gasteiger partial charge in [-0.2, -0.15) is 12.6 Å². The van der Waals surface area contributed by atoms with Gasteiger partial charge in [-0.15, -0.1) is 0 Å². The molecule has 178 valence electrons. The van der Waals surface area contributed by atoms with Gasteiger partial charge < -0.3 is 31.1 Å². The molecule has 0 rings (SSSR count). The Balaban J connectivity index is 4.59. The van der Waals surface area contributed by atoms with E-state index in [0.717, 1.165) is 31.8 Å². The number of aliphatic carboxylic acids is 2. The van der Waals surface area contributed by atoms with E-state index >= 15 is 0 Å². The van der Waals surface area contributed by atoms with Crippen LogP contribution < -0.4 is 16.0 Å². The Kier molecular flexibility index (Phi) is 15.2. The van der Waals surface area contributed by atoms with Crippen LogP contribution in [0, 0.1) is 0 Å². The van der Waals surface area contributed by atoms with Gasteiger partial charge in [0.25, 0.3) is 0 Å². The number of carbonyl (C=O) groups excluding carboxylic acids is 2. The molecule has 0 saturated carbocycles. The van der Waals surface area contributed by atoms with Gasteiger partial charge in [0.1, 0.15) is 24.9 Å². The highest BCUT2D eigenvalue weighted by Gasteiger charge is 2.23. The number of thiol groups is 1. The maximum atomic E-state index is 12.0. The second kappa shape index (κ2) is 16.4. The van der Waals surface area contributed by atoms with Gasteiger partial charge in [0.05, 0.1) is 5.76 Å². The van der Waals surface area contributed by atoms with Crippen LogP contribution in [-0.4, -0.2) is 74.8 Å². The zero-order valence-electron chi connectivity index (χ0n) is 17.5. The summed E-state index contributed by atoms with van der Waals surface area (Å²) in [6, 6.07) is -2.36. The van der Waals surface area contributed by atoms with Crippen molar-refractivity contribution in [2.75, 3.05) is 12.3 Å². The molecule has 0 aliphatic rings. The molecule has 3 atom stereocenters. The molecule has 0 radical (unpaired) electrons. The van der Waals surface area contributed by atoms with Gasteiger partial charge in [-0.25, -0.2) is 0 Å². The summed E-state index contributed by atoms with van der Waals surface area (Å²) in [6.45, 7) is 1.45. The fourth-order valence-corrected chi connectivity index (χ4v) is 2.81. The van der Waals surface area contributed by atoms with Crippen molar-refractivity contribution in [1.29, 1.82) is 0 Å². The van der Waals surface area contributed by atoms with E-state index in [-0.39, 0.29) is 24.4 Å². The number of hydrogen-bond acceptors (Lipinski definition) is 8. The molecule has 0 aliphatic heterocycles. The molecule has 0 aliphatic carbocycles. The van der Waals surface area contributed by atoms with Crippen LogP contribution in [0.1, 0.15) is 51.9 Å². The highest BCUT2D eigenvalue weighted by molar-refractivity contribution is 7.80. The zero-order valence-corrected chi connectivity index (χ0v) is 18.4. The number of aliphatic hydroxyl groups excluding tert-OH is 2. The topological polar surface area (TPSA) is 185 Å². The zero-order chi connectivity index (χ0) is 23.8. The number of hydrogen-bond donors (Lipinski definition) is 8. The van der Waals surface area contributed by atoms with Gasteiger partial charge in [-0.05, 0) is 18.9 Å². The molecule has 0 aromatic carbocycles. The van der Waals surface area contributed by atoms with Crippen molar-refractivity contribution in [3.8, 4) is 0 Å². The van der Waals surface area contributed by atoms with E-state index in [1.165, 1.54) is 0 Å². The number of carbonyl (C=O) groups is 4. The predicted molar refractivity (Wildman–Crippen MR) is 116 cm³/mol. The van der Waals surface area contributed by atoms with E-state index in [1.807, 2.05) is 0 Å². The van der Waals surface area contributed by atoms with Crippen molar-refractivity contribution in [1.82, 2.24) is 16.0 Å². The number of aliphatic hydroxyl groups is 2. The summed E-state index contributed by atoms with van der Waals surface area (Å²) in [4.78, 5) is 45.7. The molecule has 1 unspecified atom stereocenters. The predicted octanol–water partition coefficient (Wildman–Crippen LogP) is 0.156.